The lowest BCUT2D eigenvalue weighted by molar-refractivity contribution is 0.249. The number of nitrogens with zero attached hydrogens (tertiary/aromatic N) is 1. The van der Waals surface area contributed by atoms with Crippen LogP contribution in [0, 0.1) is 0 Å². The third-order valence-electron chi connectivity index (χ3n) is 2.86. The van der Waals surface area contributed by atoms with E-state index in [1.165, 1.54) is 3.69 Å². The lowest BCUT2D eigenvalue weighted by Gasteiger charge is -2.17. The van der Waals surface area contributed by atoms with E-state index in [1.807, 2.05) is 12.1 Å². The van der Waals surface area contributed by atoms with Gasteiger partial charge in [0.1, 0.15) is 5.75 Å². The van der Waals surface area contributed by atoms with Crippen molar-refractivity contribution in [1.82, 2.24) is 4.90 Å². The molecule has 0 unspecified atom stereocenters. The first-order chi connectivity index (χ1) is 8.30. The highest BCUT2D eigenvalue weighted by atomic mass is 35.5. The molecule has 0 N–H and O–H groups in total. The van der Waals surface area contributed by atoms with Gasteiger partial charge in [-0.15, -0.1) is 3.69 Å². The van der Waals surface area contributed by atoms with Crippen molar-refractivity contribution in [3.8, 4) is 5.75 Å². The summed E-state index contributed by atoms with van der Waals surface area (Å²) >= 11 is -0.555. The van der Waals surface area contributed by atoms with E-state index in [-0.39, 0.29) is 0 Å². The van der Waals surface area contributed by atoms with Crippen molar-refractivity contribution in [2.24, 2.45) is 0 Å². The van der Waals surface area contributed by atoms with E-state index in [1.54, 1.807) is 0 Å². The normalized spacial score (nSPS) is 10.4. The highest BCUT2D eigenvalue weighted by Gasteiger charge is 2.00. The van der Waals surface area contributed by atoms with Crippen LogP contribution in [0.15, 0.2) is 24.3 Å². The molecule has 0 saturated heterocycles. The maximum Gasteiger partial charge on any atom is 0.538 e. The molecule has 2 nitrogen and oxygen atoms in total. The molecule has 0 radical (unpaired) electrons. The van der Waals surface area contributed by atoms with Gasteiger partial charge in [-0.25, -0.2) is 0 Å². The Morgan fingerprint density at radius 2 is 1.82 bits per heavy atom. The van der Waals surface area contributed by atoms with E-state index in [0.717, 1.165) is 38.4 Å². The number of rotatable bonds is 8. The summed E-state index contributed by atoms with van der Waals surface area (Å²) in [4.78, 5) is 2.41. The zero-order chi connectivity index (χ0) is 12.5. The second kappa shape index (κ2) is 9.03. The fourth-order valence-corrected chi connectivity index (χ4v) is 2.64. The van der Waals surface area contributed by atoms with Gasteiger partial charge in [-0.05, 0) is 31.6 Å². The number of benzene rings is 1. The summed E-state index contributed by atoms with van der Waals surface area (Å²) in [6.45, 7) is 8.52. The molecule has 17 heavy (non-hydrogen) atoms. The van der Waals surface area contributed by atoms with Crippen molar-refractivity contribution >= 4 is 32.0 Å². The van der Waals surface area contributed by atoms with Crippen molar-refractivity contribution in [2.75, 3.05) is 26.2 Å². The van der Waals surface area contributed by atoms with Crippen LogP contribution < -0.4 is 8.43 Å². The molecule has 0 heterocycles. The van der Waals surface area contributed by atoms with Gasteiger partial charge in [-0.2, -0.15) is 0 Å². The van der Waals surface area contributed by atoms with E-state index >= 15 is 0 Å². The Kier molecular flexibility index (Phi) is 8.02. The maximum atomic E-state index is 5.87. The Morgan fingerprint density at radius 1 is 1.18 bits per heavy atom. The number of ether oxygens (including phenoxy) is 1. The highest BCUT2D eigenvalue weighted by molar-refractivity contribution is 7.01. The fraction of sp³-hybridized carbons (Fsp3) is 0.538. The molecule has 0 atom stereocenters. The molecule has 0 fully saturated rings. The van der Waals surface area contributed by atoms with E-state index < -0.39 is 19.3 Å². The zero-order valence-electron chi connectivity index (χ0n) is 10.8. The molecule has 92 valence electrons. The predicted molar refractivity (Wildman–Crippen MR) is 75.6 cm³/mol. The Bertz CT molecular complexity index is 301. The first-order valence-corrected chi connectivity index (χ1v) is 9.14. The van der Waals surface area contributed by atoms with Crippen LogP contribution in [0.1, 0.15) is 20.3 Å². The Labute approximate surface area is 118 Å². The van der Waals surface area contributed by atoms with E-state index in [2.05, 4.69) is 30.9 Å². The molecule has 0 aliphatic rings. The molecule has 0 aliphatic heterocycles. The molecule has 0 saturated carbocycles. The van der Waals surface area contributed by atoms with Crippen LogP contribution in [0.5, 0.6) is 5.75 Å². The molecule has 1 aromatic carbocycles. The van der Waals surface area contributed by atoms with Crippen molar-refractivity contribution in [3.05, 3.63) is 24.3 Å². The van der Waals surface area contributed by atoms with Gasteiger partial charge < -0.3 is 18.7 Å². The van der Waals surface area contributed by atoms with Crippen LogP contribution in [0.4, 0.5) is 0 Å². The second-order valence-corrected chi connectivity index (χ2v) is 5.89. The molecule has 1 aromatic rings. The first kappa shape index (κ1) is 15.1. The molecule has 4 heteroatoms. The van der Waals surface area contributed by atoms with Crippen LogP contribution in [-0.2, 0) is 0 Å². The summed E-state index contributed by atoms with van der Waals surface area (Å²) in [5.41, 5.74) is 0. The molecule has 1 rings (SSSR count). The lowest BCUT2D eigenvalue weighted by atomic mass is 10.3. The summed E-state index contributed by atoms with van der Waals surface area (Å²) in [7, 11) is 5.87. The van der Waals surface area contributed by atoms with Gasteiger partial charge in [-0.1, -0.05) is 26.0 Å². The van der Waals surface area contributed by atoms with Gasteiger partial charge in [-0.3, -0.25) is 0 Å². The van der Waals surface area contributed by atoms with Crippen molar-refractivity contribution in [3.63, 3.8) is 0 Å². The monoisotopic (exact) mass is 265 g/mol. The van der Waals surface area contributed by atoms with Crippen LogP contribution >= 0.6 is 9.07 Å². The van der Waals surface area contributed by atoms with Crippen LogP contribution in [-0.4, -0.2) is 50.4 Å². The fourth-order valence-electron chi connectivity index (χ4n) is 1.69. The smallest absolute Gasteiger partial charge is 0.494 e. The Morgan fingerprint density at radius 3 is 2.35 bits per heavy atom. The van der Waals surface area contributed by atoms with Gasteiger partial charge in [0, 0.05) is 6.54 Å². The van der Waals surface area contributed by atoms with Crippen LogP contribution in [0.25, 0.3) is 0 Å². The van der Waals surface area contributed by atoms with Gasteiger partial charge in [0.15, 0.2) is 0 Å². The van der Waals surface area contributed by atoms with Crippen LogP contribution in [0.2, 0.25) is 0 Å². The molecule has 0 aliphatic carbocycles. The van der Waals surface area contributed by atoms with Gasteiger partial charge in [0.05, 0.1) is 6.61 Å². The Balaban J connectivity index is 2.21. The minimum absolute atomic E-state index is 0.555. The van der Waals surface area contributed by atoms with E-state index in [0.29, 0.717) is 0 Å². The van der Waals surface area contributed by atoms with Gasteiger partial charge in [0.25, 0.3) is 0 Å². The van der Waals surface area contributed by atoms with Gasteiger partial charge >= 0.3 is 19.3 Å². The summed E-state index contributed by atoms with van der Waals surface area (Å²) in [5, 5.41) is 0. The second-order valence-electron chi connectivity index (χ2n) is 4.01. The maximum absolute atomic E-state index is 5.87. The standard InChI is InChI=1S/C13H20NO.ClH.Mg/c1-3-14(4-2)11-8-12-15-13-9-6-5-7-10-13;;/h6-7,9-10H,3-4,8,11-12H2,1-2H3;1H;/q;;+1/p-1. The Hall–Kier alpha value is 0.0362. The van der Waals surface area contributed by atoms with Crippen molar-refractivity contribution < 1.29 is 4.74 Å². The SMILES string of the molecule is CCN(CC)CCCOc1cc[c]([Mg][Cl])cc1. The summed E-state index contributed by atoms with van der Waals surface area (Å²) in [5.74, 6) is 0.951. The predicted octanol–water partition coefficient (Wildman–Crippen LogP) is 2.28. The number of hydrogen-bond acceptors (Lipinski definition) is 2. The highest BCUT2D eigenvalue weighted by Crippen LogP contribution is 2.07. The minimum Gasteiger partial charge on any atom is -0.494 e. The largest absolute Gasteiger partial charge is 0.538 e. The van der Waals surface area contributed by atoms with Crippen LogP contribution in [0.3, 0.4) is 0 Å². The summed E-state index contributed by atoms with van der Waals surface area (Å²) < 4.78 is 6.96. The average molecular weight is 266 g/mol. The molecular formula is C13H20ClMgNO. The topological polar surface area (TPSA) is 12.5 Å². The number of hydrogen-bond donors (Lipinski definition) is 0. The lowest BCUT2D eigenvalue weighted by Crippen LogP contribution is -2.25. The number of halogens is 1. The third kappa shape index (κ3) is 5.95. The molecule has 0 spiro atoms. The molecular weight excluding hydrogens is 246 g/mol. The summed E-state index contributed by atoms with van der Waals surface area (Å²) in [6, 6.07) is 8.17. The third-order valence-corrected chi connectivity index (χ3v) is 4.57. The quantitative estimate of drug-likeness (QED) is 0.528. The van der Waals surface area contributed by atoms with Crippen molar-refractivity contribution in [1.29, 1.82) is 0 Å². The molecule has 0 amide bonds. The van der Waals surface area contributed by atoms with E-state index in [4.69, 9.17) is 13.8 Å². The molecule has 0 bridgehead atoms. The minimum atomic E-state index is -0.555. The van der Waals surface area contributed by atoms with E-state index in [9.17, 15) is 0 Å². The average Bonchev–Trinajstić information content (AvgIpc) is 2.40. The first-order valence-electron chi connectivity index (χ1n) is 6.30. The zero-order valence-corrected chi connectivity index (χ0v) is 13.0. The van der Waals surface area contributed by atoms with Gasteiger partial charge in [0.2, 0.25) is 0 Å². The summed E-state index contributed by atoms with van der Waals surface area (Å²) in [6.07, 6.45) is 1.08. The van der Waals surface area contributed by atoms with Crippen molar-refractivity contribution in [2.45, 2.75) is 20.3 Å². The molecule has 0 aromatic heterocycles.